The van der Waals surface area contributed by atoms with Crippen LogP contribution in [0, 0.1) is 5.82 Å². The first-order valence-corrected chi connectivity index (χ1v) is 9.57. The number of hydrogen-bond acceptors (Lipinski definition) is 6. The van der Waals surface area contributed by atoms with Crippen LogP contribution in [0.4, 0.5) is 15.9 Å². The van der Waals surface area contributed by atoms with Crippen LogP contribution in [0.3, 0.4) is 0 Å². The highest BCUT2D eigenvalue weighted by atomic mass is 19.1. The molecule has 2 aliphatic rings. The molecular weight excluding hydrogens is 361 g/mol. The van der Waals surface area contributed by atoms with Gasteiger partial charge in [0.15, 0.2) is 0 Å². The van der Waals surface area contributed by atoms with Crippen LogP contribution in [0.1, 0.15) is 12.8 Å². The van der Waals surface area contributed by atoms with E-state index in [-0.39, 0.29) is 17.8 Å². The number of hydrogen-bond donors (Lipinski definition) is 0. The Kier molecular flexibility index (Phi) is 5.38. The molecule has 1 atom stereocenters. The Balaban J connectivity index is 1.42. The zero-order valence-corrected chi connectivity index (χ0v) is 15.9. The lowest BCUT2D eigenvalue weighted by Crippen LogP contribution is -2.58. The first-order valence-electron chi connectivity index (χ1n) is 9.57. The summed E-state index contributed by atoms with van der Waals surface area (Å²) in [5, 5.41) is 0. The van der Waals surface area contributed by atoms with E-state index in [1.54, 1.807) is 24.1 Å². The lowest BCUT2D eigenvalue weighted by Gasteiger charge is -2.42. The SMILES string of the molecule is COc1cc(N2CCN(C3CCCN(c4cccc(F)c4)C3=O)CC2)ncn1. The number of halogens is 1. The van der Waals surface area contributed by atoms with Gasteiger partial charge in [0, 0.05) is 44.5 Å². The maximum Gasteiger partial charge on any atom is 0.244 e. The van der Waals surface area contributed by atoms with E-state index in [9.17, 15) is 9.18 Å². The largest absolute Gasteiger partial charge is 0.481 e. The number of methoxy groups -OCH3 is 1. The Bertz CT molecular complexity index is 841. The van der Waals surface area contributed by atoms with Crippen molar-refractivity contribution < 1.29 is 13.9 Å². The van der Waals surface area contributed by atoms with Gasteiger partial charge in [-0.25, -0.2) is 14.4 Å². The van der Waals surface area contributed by atoms with Crippen LogP contribution in [0.5, 0.6) is 5.88 Å². The van der Waals surface area contributed by atoms with E-state index in [0.717, 1.165) is 44.8 Å². The number of nitrogens with zero attached hydrogens (tertiary/aromatic N) is 5. The van der Waals surface area contributed by atoms with Crippen molar-refractivity contribution in [3.63, 3.8) is 0 Å². The number of amides is 1. The molecule has 1 aromatic heterocycles. The Hall–Kier alpha value is -2.74. The summed E-state index contributed by atoms with van der Waals surface area (Å²) < 4.78 is 18.8. The standard InChI is InChI=1S/C20H24FN5O2/c1-28-19-13-18(22-14-23-19)25-10-8-24(9-11-25)17-6-3-7-26(20(17)27)16-5-2-4-15(21)12-16/h2,4-5,12-14,17H,3,6-11H2,1H3. The normalized spacial score (nSPS) is 21.1. The first kappa shape index (κ1) is 18.6. The summed E-state index contributed by atoms with van der Waals surface area (Å²) in [6.07, 6.45) is 3.25. The molecule has 7 nitrogen and oxygen atoms in total. The zero-order chi connectivity index (χ0) is 19.5. The van der Waals surface area contributed by atoms with E-state index >= 15 is 0 Å². The fourth-order valence-electron chi connectivity index (χ4n) is 3.97. The highest BCUT2D eigenvalue weighted by Crippen LogP contribution is 2.26. The third-order valence-corrected chi connectivity index (χ3v) is 5.45. The fraction of sp³-hybridized carbons (Fsp3) is 0.450. The van der Waals surface area contributed by atoms with Gasteiger partial charge in [-0.2, -0.15) is 0 Å². The van der Waals surface area contributed by atoms with E-state index < -0.39 is 0 Å². The number of carbonyl (C=O) groups is 1. The van der Waals surface area contributed by atoms with Crippen molar-refractivity contribution in [3.8, 4) is 5.88 Å². The van der Waals surface area contributed by atoms with Crippen molar-refractivity contribution in [2.75, 3.05) is 49.6 Å². The number of rotatable bonds is 4. The predicted molar refractivity (Wildman–Crippen MR) is 104 cm³/mol. The topological polar surface area (TPSA) is 61.8 Å². The second-order valence-electron chi connectivity index (χ2n) is 7.07. The van der Waals surface area contributed by atoms with Crippen molar-refractivity contribution in [2.45, 2.75) is 18.9 Å². The number of ether oxygens (including phenoxy) is 1. The first-order chi connectivity index (χ1) is 13.7. The molecule has 3 heterocycles. The van der Waals surface area contributed by atoms with Crippen molar-refractivity contribution in [3.05, 3.63) is 42.5 Å². The highest BCUT2D eigenvalue weighted by Gasteiger charge is 2.35. The molecule has 2 saturated heterocycles. The summed E-state index contributed by atoms with van der Waals surface area (Å²) in [7, 11) is 1.59. The fourth-order valence-corrected chi connectivity index (χ4v) is 3.97. The summed E-state index contributed by atoms with van der Waals surface area (Å²) in [4.78, 5) is 27.6. The van der Waals surface area contributed by atoms with Crippen LogP contribution in [-0.2, 0) is 4.79 Å². The minimum absolute atomic E-state index is 0.0639. The van der Waals surface area contributed by atoms with Gasteiger partial charge in [-0.3, -0.25) is 9.69 Å². The minimum Gasteiger partial charge on any atom is -0.481 e. The molecule has 1 aromatic carbocycles. The lowest BCUT2D eigenvalue weighted by atomic mass is 10.0. The molecule has 0 spiro atoms. The molecule has 0 aliphatic carbocycles. The van der Waals surface area contributed by atoms with Crippen LogP contribution < -0.4 is 14.5 Å². The molecular formula is C20H24FN5O2. The van der Waals surface area contributed by atoms with E-state index in [1.807, 2.05) is 6.07 Å². The van der Waals surface area contributed by atoms with E-state index in [4.69, 9.17) is 4.74 Å². The third kappa shape index (κ3) is 3.77. The molecule has 28 heavy (non-hydrogen) atoms. The molecule has 148 valence electrons. The second-order valence-corrected chi connectivity index (χ2v) is 7.07. The van der Waals surface area contributed by atoms with Crippen molar-refractivity contribution in [1.29, 1.82) is 0 Å². The number of piperazine rings is 1. The van der Waals surface area contributed by atoms with Crippen LogP contribution in [0.25, 0.3) is 0 Å². The molecule has 0 radical (unpaired) electrons. The Morgan fingerprint density at radius 2 is 1.93 bits per heavy atom. The summed E-state index contributed by atoms with van der Waals surface area (Å²) in [5.41, 5.74) is 0.640. The van der Waals surface area contributed by atoms with Gasteiger partial charge in [-0.05, 0) is 31.0 Å². The van der Waals surface area contributed by atoms with Gasteiger partial charge in [0.25, 0.3) is 0 Å². The quantitative estimate of drug-likeness (QED) is 0.802. The summed E-state index contributed by atoms with van der Waals surface area (Å²) in [6, 6.07) is 7.95. The molecule has 2 aliphatic heterocycles. The molecule has 2 fully saturated rings. The van der Waals surface area contributed by atoms with Gasteiger partial charge < -0.3 is 14.5 Å². The second kappa shape index (κ2) is 8.10. The minimum atomic E-state index is -0.318. The predicted octanol–water partition coefficient (Wildman–Crippen LogP) is 1.94. The number of carbonyl (C=O) groups excluding carboxylic acids is 1. The smallest absolute Gasteiger partial charge is 0.244 e. The van der Waals surface area contributed by atoms with Gasteiger partial charge in [0.1, 0.15) is 18.0 Å². The summed E-state index contributed by atoms with van der Waals surface area (Å²) >= 11 is 0. The van der Waals surface area contributed by atoms with Crippen molar-refractivity contribution in [1.82, 2.24) is 14.9 Å². The summed E-state index contributed by atoms with van der Waals surface area (Å²) in [5.74, 6) is 1.12. The number of piperidine rings is 1. The van der Waals surface area contributed by atoms with Gasteiger partial charge in [0.2, 0.25) is 11.8 Å². The van der Waals surface area contributed by atoms with Gasteiger partial charge in [-0.1, -0.05) is 6.07 Å². The molecule has 1 amide bonds. The Morgan fingerprint density at radius 3 is 2.68 bits per heavy atom. The third-order valence-electron chi connectivity index (χ3n) is 5.45. The Labute approximate surface area is 163 Å². The molecule has 0 N–H and O–H groups in total. The average Bonchev–Trinajstić information content (AvgIpc) is 2.74. The van der Waals surface area contributed by atoms with E-state index in [0.29, 0.717) is 18.1 Å². The molecule has 0 saturated carbocycles. The van der Waals surface area contributed by atoms with Gasteiger partial charge in [0.05, 0.1) is 13.2 Å². The van der Waals surface area contributed by atoms with Crippen molar-refractivity contribution >= 4 is 17.4 Å². The molecule has 4 rings (SSSR count). The van der Waals surface area contributed by atoms with Crippen LogP contribution in [0.15, 0.2) is 36.7 Å². The number of anilines is 2. The van der Waals surface area contributed by atoms with Gasteiger partial charge in [-0.15, -0.1) is 0 Å². The molecule has 2 aromatic rings. The maximum absolute atomic E-state index is 13.6. The van der Waals surface area contributed by atoms with E-state index in [2.05, 4.69) is 19.8 Å². The lowest BCUT2D eigenvalue weighted by molar-refractivity contribution is -0.125. The average molecular weight is 385 g/mol. The molecule has 1 unspecified atom stereocenters. The number of benzene rings is 1. The van der Waals surface area contributed by atoms with E-state index in [1.165, 1.54) is 18.5 Å². The highest BCUT2D eigenvalue weighted by molar-refractivity contribution is 5.97. The van der Waals surface area contributed by atoms with Crippen LogP contribution >= 0.6 is 0 Å². The monoisotopic (exact) mass is 385 g/mol. The van der Waals surface area contributed by atoms with Gasteiger partial charge >= 0.3 is 0 Å². The van der Waals surface area contributed by atoms with Crippen molar-refractivity contribution in [2.24, 2.45) is 0 Å². The van der Waals surface area contributed by atoms with Crippen LogP contribution in [0.2, 0.25) is 0 Å². The van der Waals surface area contributed by atoms with Crippen LogP contribution in [-0.4, -0.2) is 66.7 Å². The maximum atomic E-state index is 13.6. The summed E-state index contributed by atoms with van der Waals surface area (Å²) in [6.45, 7) is 3.76. The number of aromatic nitrogens is 2. The molecule has 0 bridgehead atoms. The zero-order valence-electron chi connectivity index (χ0n) is 15.9. The Morgan fingerprint density at radius 1 is 1.11 bits per heavy atom. The molecule has 8 heteroatoms.